The summed E-state index contributed by atoms with van der Waals surface area (Å²) in [7, 11) is -2.34. The van der Waals surface area contributed by atoms with Gasteiger partial charge in [0.05, 0.1) is 33.0 Å². The second-order valence-corrected chi connectivity index (χ2v) is 8.45. The van der Waals surface area contributed by atoms with Gasteiger partial charge in [0.15, 0.2) is 0 Å². The van der Waals surface area contributed by atoms with Gasteiger partial charge >= 0.3 is 5.69 Å². The lowest BCUT2D eigenvalue weighted by atomic mass is 10.2. The van der Waals surface area contributed by atoms with Crippen molar-refractivity contribution in [3.8, 4) is 0 Å². The van der Waals surface area contributed by atoms with Gasteiger partial charge in [-0.15, -0.1) is 11.3 Å². The zero-order valence-electron chi connectivity index (χ0n) is 13.6. The van der Waals surface area contributed by atoms with Crippen LogP contribution in [0.5, 0.6) is 0 Å². The molecule has 2 aromatic heterocycles. The number of H-pyrrole nitrogens is 2. The predicted octanol–water partition coefficient (Wildman–Crippen LogP) is 1.06. The highest BCUT2D eigenvalue weighted by molar-refractivity contribution is 7.89. The number of thiazole rings is 1. The third kappa shape index (κ3) is 3.41. The van der Waals surface area contributed by atoms with E-state index in [9.17, 15) is 18.0 Å². The highest BCUT2D eigenvalue weighted by Gasteiger charge is 2.22. The van der Waals surface area contributed by atoms with Crippen molar-refractivity contribution in [2.45, 2.75) is 24.8 Å². The molecule has 0 bridgehead atoms. The molecule has 0 aliphatic heterocycles. The van der Waals surface area contributed by atoms with Gasteiger partial charge in [-0.3, -0.25) is 9.78 Å². The largest absolute Gasteiger partial charge is 0.326 e. The molecule has 2 heterocycles. The minimum absolute atomic E-state index is 0.0222. The van der Waals surface area contributed by atoms with Crippen molar-refractivity contribution >= 4 is 32.3 Å². The Labute approximate surface area is 147 Å². The molecule has 0 radical (unpaired) electrons. The summed E-state index contributed by atoms with van der Waals surface area (Å²) in [5.41, 5.74) is -0.315. The molecule has 0 saturated carbocycles. The Morgan fingerprint density at radius 2 is 2.00 bits per heavy atom. The molecule has 3 rings (SSSR count). The Morgan fingerprint density at radius 3 is 2.68 bits per heavy atom. The van der Waals surface area contributed by atoms with E-state index in [0.717, 1.165) is 11.4 Å². The molecule has 0 fully saturated rings. The quantitative estimate of drug-likeness (QED) is 0.686. The molecule has 0 aliphatic rings. The Bertz CT molecular complexity index is 1140. The van der Waals surface area contributed by atoms with Gasteiger partial charge in [0.2, 0.25) is 10.0 Å². The van der Waals surface area contributed by atoms with Gasteiger partial charge in [0.25, 0.3) is 5.56 Å². The summed E-state index contributed by atoms with van der Waals surface area (Å²) in [6.07, 6.45) is 0.798. The molecule has 10 heteroatoms. The lowest BCUT2D eigenvalue weighted by molar-refractivity contribution is 0.463. The lowest BCUT2D eigenvalue weighted by Gasteiger charge is -2.16. The van der Waals surface area contributed by atoms with Crippen LogP contribution in [0, 0.1) is 0 Å². The minimum Gasteiger partial charge on any atom is -0.307 e. The first kappa shape index (κ1) is 17.5. The van der Waals surface area contributed by atoms with Crippen LogP contribution in [0.1, 0.15) is 17.6 Å². The van der Waals surface area contributed by atoms with Crippen molar-refractivity contribution in [2.24, 2.45) is 0 Å². The van der Waals surface area contributed by atoms with Gasteiger partial charge in [-0.2, -0.15) is 4.31 Å². The molecule has 3 aromatic rings. The van der Waals surface area contributed by atoms with E-state index in [-0.39, 0.29) is 22.3 Å². The Balaban J connectivity index is 1.97. The zero-order valence-corrected chi connectivity index (χ0v) is 15.2. The van der Waals surface area contributed by atoms with Crippen molar-refractivity contribution in [3.05, 3.63) is 55.1 Å². The van der Waals surface area contributed by atoms with Crippen molar-refractivity contribution in [1.29, 1.82) is 0 Å². The van der Waals surface area contributed by atoms with Gasteiger partial charge < -0.3 is 4.98 Å². The Morgan fingerprint density at radius 1 is 1.24 bits per heavy atom. The SMILES string of the molecule is CCc1nc(CN(C)S(=O)(=O)c2ccc3[nH]c(=O)[nH]c(=O)c3c2)cs1. The van der Waals surface area contributed by atoms with Crippen molar-refractivity contribution in [1.82, 2.24) is 19.3 Å². The number of aryl methyl sites for hydroxylation is 1. The average Bonchev–Trinajstić information content (AvgIpc) is 3.02. The Kier molecular flexibility index (Phi) is 4.58. The van der Waals surface area contributed by atoms with Crippen LogP contribution in [0.25, 0.3) is 10.9 Å². The highest BCUT2D eigenvalue weighted by atomic mass is 32.2. The van der Waals surface area contributed by atoms with Gasteiger partial charge in [0, 0.05) is 12.4 Å². The first-order chi connectivity index (χ1) is 11.8. The third-order valence-electron chi connectivity index (χ3n) is 3.71. The van der Waals surface area contributed by atoms with Crippen molar-refractivity contribution < 1.29 is 8.42 Å². The molecule has 8 nitrogen and oxygen atoms in total. The molecular weight excluding hydrogens is 364 g/mol. The maximum absolute atomic E-state index is 12.8. The maximum Gasteiger partial charge on any atom is 0.326 e. The number of rotatable bonds is 5. The summed E-state index contributed by atoms with van der Waals surface area (Å²) in [6.45, 7) is 2.12. The van der Waals surface area contributed by atoms with Crippen LogP contribution in [-0.4, -0.2) is 34.7 Å². The first-order valence-electron chi connectivity index (χ1n) is 7.47. The number of hydrogen-bond donors (Lipinski definition) is 2. The van der Waals surface area contributed by atoms with E-state index in [0.29, 0.717) is 5.69 Å². The number of aromatic nitrogens is 3. The minimum atomic E-state index is -3.80. The predicted molar refractivity (Wildman–Crippen MR) is 95.3 cm³/mol. The van der Waals surface area contributed by atoms with E-state index in [2.05, 4.69) is 15.0 Å². The van der Waals surface area contributed by atoms with E-state index in [1.54, 1.807) is 0 Å². The fourth-order valence-electron chi connectivity index (χ4n) is 2.38. The van der Waals surface area contributed by atoms with E-state index >= 15 is 0 Å². The van der Waals surface area contributed by atoms with Crippen molar-refractivity contribution in [3.63, 3.8) is 0 Å². The van der Waals surface area contributed by atoms with E-state index in [1.807, 2.05) is 12.3 Å². The Hall–Kier alpha value is -2.30. The van der Waals surface area contributed by atoms with Gasteiger partial charge in [0.1, 0.15) is 0 Å². The number of fused-ring (bicyclic) bond motifs is 1. The van der Waals surface area contributed by atoms with Crippen LogP contribution >= 0.6 is 11.3 Å². The van der Waals surface area contributed by atoms with Crippen LogP contribution in [0.15, 0.2) is 38.1 Å². The highest BCUT2D eigenvalue weighted by Crippen LogP contribution is 2.20. The molecule has 0 spiro atoms. The monoisotopic (exact) mass is 380 g/mol. The van der Waals surface area contributed by atoms with Crippen molar-refractivity contribution in [2.75, 3.05) is 7.05 Å². The fourth-order valence-corrected chi connectivity index (χ4v) is 4.29. The standard InChI is InChI=1S/C15H16N4O4S2/c1-3-13-16-9(8-24-13)7-19(2)25(22,23)10-4-5-12-11(6-10)14(20)18-15(21)17-12/h4-6,8H,3,7H2,1-2H3,(H2,17,18,20,21). The number of sulfonamides is 1. The summed E-state index contributed by atoms with van der Waals surface area (Å²) >= 11 is 1.49. The van der Waals surface area contributed by atoms with Crippen LogP contribution in [-0.2, 0) is 23.0 Å². The van der Waals surface area contributed by atoms with Crippen LogP contribution < -0.4 is 11.2 Å². The molecule has 25 heavy (non-hydrogen) atoms. The summed E-state index contributed by atoms with van der Waals surface area (Å²) in [5.74, 6) is 0. The smallest absolute Gasteiger partial charge is 0.307 e. The van der Waals surface area contributed by atoms with Crippen LogP contribution in [0.4, 0.5) is 0 Å². The number of nitrogens with zero attached hydrogens (tertiary/aromatic N) is 2. The van der Waals surface area contributed by atoms with Gasteiger partial charge in [-0.1, -0.05) is 6.92 Å². The number of nitrogens with one attached hydrogen (secondary N) is 2. The van der Waals surface area contributed by atoms with E-state index < -0.39 is 21.3 Å². The number of hydrogen-bond acceptors (Lipinski definition) is 6. The molecular formula is C15H16N4O4S2. The normalized spacial score (nSPS) is 12.1. The average molecular weight is 380 g/mol. The number of aromatic amines is 2. The molecule has 0 unspecified atom stereocenters. The summed E-state index contributed by atoms with van der Waals surface area (Å²) in [4.78, 5) is 32.1. The molecule has 0 aliphatic carbocycles. The second kappa shape index (κ2) is 6.54. The van der Waals surface area contributed by atoms with E-state index in [1.165, 1.54) is 40.9 Å². The zero-order chi connectivity index (χ0) is 18.2. The van der Waals surface area contributed by atoms with Gasteiger partial charge in [-0.25, -0.2) is 18.2 Å². The molecule has 132 valence electrons. The lowest BCUT2D eigenvalue weighted by Crippen LogP contribution is -2.27. The molecule has 0 amide bonds. The second-order valence-electron chi connectivity index (χ2n) is 5.46. The van der Waals surface area contributed by atoms with Crippen LogP contribution in [0.2, 0.25) is 0 Å². The van der Waals surface area contributed by atoms with Gasteiger partial charge in [-0.05, 0) is 24.6 Å². The first-order valence-corrected chi connectivity index (χ1v) is 9.79. The maximum atomic E-state index is 12.8. The summed E-state index contributed by atoms with van der Waals surface area (Å²) in [6, 6.07) is 4.03. The molecule has 1 aromatic carbocycles. The molecule has 0 saturated heterocycles. The topological polar surface area (TPSA) is 116 Å². The number of benzene rings is 1. The third-order valence-corrected chi connectivity index (χ3v) is 6.55. The molecule has 0 atom stereocenters. The molecule has 2 N–H and O–H groups in total. The van der Waals surface area contributed by atoms with E-state index in [4.69, 9.17) is 0 Å². The van der Waals surface area contributed by atoms with Crippen LogP contribution in [0.3, 0.4) is 0 Å². The fraction of sp³-hybridized carbons (Fsp3) is 0.267. The summed E-state index contributed by atoms with van der Waals surface area (Å²) < 4.78 is 26.7. The summed E-state index contributed by atoms with van der Waals surface area (Å²) in [5, 5.41) is 2.89.